The maximum absolute atomic E-state index is 5.68. The van der Waals surface area contributed by atoms with Gasteiger partial charge < -0.3 is 15.0 Å². The first kappa shape index (κ1) is 19.3. The molecule has 28 heavy (non-hydrogen) atoms. The van der Waals surface area contributed by atoms with Crippen LogP contribution < -0.4 is 15.0 Å². The van der Waals surface area contributed by atoms with Crippen molar-refractivity contribution < 1.29 is 4.74 Å². The number of methoxy groups -OCH3 is 1. The van der Waals surface area contributed by atoms with Crippen molar-refractivity contribution in [3.63, 3.8) is 0 Å². The molecule has 150 valence electrons. The smallest absolute Gasteiger partial charge is 0.142 e. The van der Waals surface area contributed by atoms with Gasteiger partial charge in [0.25, 0.3) is 0 Å². The van der Waals surface area contributed by atoms with E-state index < -0.39 is 0 Å². The van der Waals surface area contributed by atoms with E-state index in [1.807, 2.05) is 0 Å². The van der Waals surface area contributed by atoms with Gasteiger partial charge in [-0.15, -0.1) is 0 Å². The number of hydrogen-bond donors (Lipinski definition) is 1. The first-order valence-corrected chi connectivity index (χ1v) is 10.6. The third-order valence-electron chi connectivity index (χ3n) is 6.82. The van der Waals surface area contributed by atoms with Crippen molar-refractivity contribution in [2.75, 3.05) is 38.2 Å². The molecule has 0 saturated carbocycles. The van der Waals surface area contributed by atoms with Gasteiger partial charge in [-0.25, -0.2) is 0 Å². The largest absolute Gasteiger partial charge is 0.495 e. The van der Waals surface area contributed by atoms with Gasteiger partial charge in [0.2, 0.25) is 0 Å². The number of piperazine rings is 1. The van der Waals surface area contributed by atoms with Crippen molar-refractivity contribution >= 4 is 5.69 Å². The molecule has 4 rings (SSSR count). The zero-order valence-electron chi connectivity index (χ0n) is 18.1. The summed E-state index contributed by atoms with van der Waals surface area (Å²) in [6.07, 6.45) is 2.49. The van der Waals surface area contributed by atoms with Gasteiger partial charge >= 0.3 is 0 Å². The van der Waals surface area contributed by atoms with Gasteiger partial charge in [-0.2, -0.15) is 0 Å². The second-order valence-electron chi connectivity index (χ2n) is 9.65. The number of anilines is 1. The van der Waals surface area contributed by atoms with Crippen LogP contribution >= 0.6 is 0 Å². The molecule has 0 bridgehead atoms. The molecule has 1 heterocycles. The van der Waals surface area contributed by atoms with Crippen LogP contribution in [0.5, 0.6) is 5.75 Å². The maximum atomic E-state index is 5.68. The van der Waals surface area contributed by atoms with Crippen LogP contribution in [-0.2, 0) is 10.8 Å². The summed E-state index contributed by atoms with van der Waals surface area (Å²) in [6.45, 7) is 13.6. The normalized spacial score (nSPS) is 20.5. The predicted molar refractivity (Wildman–Crippen MR) is 119 cm³/mol. The van der Waals surface area contributed by atoms with E-state index in [2.05, 4.69) is 74.3 Å². The fourth-order valence-corrected chi connectivity index (χ4v) is 4.79. The van der Waals surface area contributed by atoms with Crippen molar-refractivity contribution in [3.05, 3.63) is 47.5 Å². The van der Waals surface area contributed by atoms with Gasteiger partial charge in [-0.3, -0.25) is 0 Å². The number of nitrogens with zero attached hydrogens (tertiary/aromatic N) is 1. The highest BCUT2D eigenvalue weighted by Crippen LogP contribution is 2.47. The lowest BCUT2D eigenvalue weighted by molar-refractivity contribution is 0.332. The van der Waals surface area contributed by atoms with E-state index >= 15 is 0 Å². The third kappa shape index (κ3) is 3.41. The Balaban J connectivity index is 1.77. The van der Waals surface area contributed by atoms with Crippen molar-refractivity contribution in [1.82, 2.24) is 5.32 Å². The highest BCUT2D eigenvalue weighted by atomic mass is 16.5. The average molecular weight is 379 g/mol. The molecule has 1 fully saturated rings. The monoisotopic (exact) mass is 378 g/mol. The van der Waals surface area contributed by atoms with Crippen LogP contribution in [0, 0.1) is 0 Å². The molecule has 0 unspecified atom stereocenters. The summed E-state index contributed by atoms with van der Waals surface area (Å²) in [6, 6.07) is 13.8. The molecule has 0 amide bonds. The molecule has 1 aliphatic carbocycles. The van der Waals surface area contributed by atoms with E-state index in [1.165, 1.54) is 40.8 Å². The van der Waals surface area contributed by atoms with Gasteiger partial charge in [0.15, 0.2) is 0 Å². The SMILES string of the molecule is COc1ccc(-c2ccc3c(c2)C(C)(C)CCC3(C)C)cc1N1CCNCC1. The number of hydrogen-bond acceptors (Lipinski definition) is 3. The van der Waals surface area contributed by atoms with Crippen molar-refractivity contribution in [1.29, 1.82) is 0 Å². The molecule has 0 atom stereocenters. The molecular formula is C25H34N2O. The lowest BCUT2D eigenvalue weighted by Gasteiger charge is -2.42. The van der Waals surface area contributed by atoms with Gasteiger partial charge in [-0.1, -0.05) is 52.0 Å². The zero-order chi connectivity index (χ0) is 19.9. The maximum Gasteiger partial charge on any atom is 0.142 e. The van der Waals surface area contributed by atoms with Crippen LogP contribution in [0.15, 0.2) is 36.4 Å². The van der Waals surface area contributed by atoms with E-state index in [1.54, 1.807) is 7.11 Å². The Morgan fingerprint density at radius 2 is 1.43 bits per heavy atom. The molecule has 2 aromatic rings. The number of benzene rings is 2. The minimum absolute atomic E-state index is 0.231. The Hall–Kier alpha value is -2.00. The average Bonchev–Trinajstić information content (AvgIpc) is 2.71. The Morgan fingerprint density at radius 1 is 0.821 bits per heavy atom. The number of rotatable bonds is 3. The lowest BCUT2D eigenvalue weighted by atomic mass is 9.63. The second-order valence-corrected chi connectivity index (χ2v) is 9.65. The molecule has 1 aliphatic heterocycles. The summed E-state index contributed by atoms with van der Waals surface area (Å²) < 4.78 is 5.68. The standard InChI is InChI=1S/C25H34N2O/c1-24(2)10-11-25(3,4)21-16-18(6-8-20(21)24)19-7-9-23(28-5)22(17-19)27-14-12-26-13-15-27/h6-9,16-17,26H,10-15H2,1-5H3. The summed E-state index contributed by atoms with van der Waals surface area (Å²) in [5.41, 5.74) is 7.31. The fourth-order valence-electron chi connectivity index (χ4n) is 4.79. The van der Waals surface area contributed by atoms with Gasteiger partial charge in [0.05, 0.1) is 12.8 Å². The second kappa shape index (κ2) is 7.11. The Morgan fingerprint density at radius 3 is 2.11 bits per heavy atom. The van der Waals surface area contributed by atoms with Crippen molar-refractivity contribution in [3.8, 4) is 16.9 Å². The minimum Gasteiger partial charge on any atom is -0.495 e. The van der Waals surface area contributed by atoms with Gasteiger partial charge in [-0.05, 0) is 58.1 Å². The first-order valence-electron chi connectivity index (χ1n) is 10.6. The Bertz CT molecular complexity index is 863. The van der Waals surface area contributed by atoms with Crippen LogP contribution in [0.1, 0.15) is 51.7 Å². The number of ether oxygens (including phenoxy) is 1. The van der Waals surface area contributed by atoms with Crippen LogP contribution in [0.25, 0.3) is 11.1 Å². The highest BCUT2D eigenvalue weighted by molar-refractivity contribution is 5.74. The number of fused-ring (bicyclic) bond motifs is 1. The zero-order valence-corrected chi connectivity index (χ0v) is 18.1. The summed E-state index contributed by atoms with van der Waals surface area (Å²) in [7, 11) is 1.77. The molecule has 3 nitrogen and oxygen atoms in total. The van der Waals surface area contributed by atoms with Crippen LogP contribution in [-0.4, -0.2) is 33.3 Å². The van der Waals surface area contributed by atoms with Crippen molar-refractivity contribution in [2.24, 2.45) is 0 Å². The quantitative estimate of drug-likeness (QED) is 0.802. The third-order valence-corrected chi connectivity index (χ3v) is 6.82. The van der Waals surface area contributed by atoms with Crippen LogP contribution in [0.2, 0.25) is 0 Å². The van der Waals surface area contributed by atoms with Crippen molar-refractivity contribution in [2.45, 2.75) is 51.4 Å². The van der Waals surface area contributed by atoms with E-state index in [0.717, 1.165) is 31.9 Å². The fraction of sp³-hybridized carbons (Fsp3) is 0.520. The highest BCUT2D eigenvalue weighted by Gasteiger charge is 2.37. The summed E-state index contributed by atoms with van der Waals surface area (Å²) >= 11 is 0. The van der Waals surface area contributed by atoms with E-state index in [4.69, 9.17) is 4.74 Å². The van der Waals surface area contributed by atoms with E-state index in [-0.39, 0.29) is 10.8 Å². The summed E-state index contributed by atoms with van der Waals surface area (Å²) in [5, 5.41) is 3.44. The lowest BCUT2D eigenvalue weighted by Crippen LogP contribution is -2.43. The molecule has 2 aromatic carbocycles. The topological polar surface area (TPSA) is 24.5 Å². The molecule has 2 aliphatic rings. The molecule has 0 aromatic heterocycles. The Labute approximate surface area is 170 Å². The molecule has 0 radical (unpaired) electrons. The molecule has 0 spiro atoms. The van der Waals surface area contributed by atoms with E-state index in [0.29, 0.717) is 0 Å². The number of nitrogens with one attached hydrogen (secondary N) is 1. The first-order chi connectivity index (χ1) is 13.3. The van der Waals surface area contributed by atoms with Gasteiger partial charge in [0.1, 0.15) is 5.75 Å². The predicted octanol–water partition coefficient (Wildman–Crippen LogP) is 5.12. The Kier molecular flexibility index (Phi) is 4.91. The molecule has 3 heteroatoms. The van der Waals surface area contributed by atoms with Gasteiger partial charge in [0, 0.05) is 26.2 Å². The van der Waals surface area contributed by atoms with E-state index in [9.17, 15) is 0 Å². The van der Waals surface area contributed by atoms with Crippen LogP contribution in [0.3, 0.4) is 0 Å². The van der Waals surface area contributed by atoms with Crippen LogP contribution in [0.4, 0.5) is 5.69 Å². The molecule has 1 N–H and O–H groups in total. The summed E-state index contributed by atoms with van der Waals surface area (Å²) in [4.78, 5) is 2.43. The molecule has 1 saturated heterocycles. The summed E-state index contributed by atoms with van der Waals surface area (Å²) in [5.74, 6) is 0.963. The minimum atomic E-state index is 0.231. The molecular weight excluding hydrogens is 344 g/mol.